The first kappa shape index (κ1) is 35.0. The summed E-state index contributed by atoms with van der Waals surface area (Å²) in [6.45, 7) is 4.25. The molecule has 3 aromatic rings. The lowest BCUT2D eigenvalue weighted by molar-refractivity contribution is -0.128. The van der Waals surface area contributed by atoms with E-state index in [1.807, 2.05) is 26.0 Å². The second-order valence-corrected chi connectivity index (χ2v) is 13.3. The molecule has 2 aliphatic heterocycles. The maximum Gasteiger partial charge on any atom is 0.408 e. The fourth-order valence-electron chi connectivity index (χ4n) is 6.80. The van der Waals surface area contributed by atoms with Crippen molar-refractivity contribution in [2.24, 2.45) is 0 Å². The molecule has 0 aromatic heterocycles. The predicted octanol–water partition coefficient (Wildman–Crippen LogP) is 6.79. The maximum atomic E-state index is 14.6. The summed E-state index contributed by atoms with van der Waals surface area (Å²) in [6.07, 6.45) is -0.869. The van der Waals surface area contributed by atoms with Gasteiger partial charge in [-0.25, -0.2) is 18.4 Å². The van der Waals surface area contributed by atoms with Gasteiger partial charge in [-0.2, -0.15) is 0 Å². The lowest BCUT2D eigenvalue weighted by Gasteiger charge is -2.49. The van der Waals surface area contributed by atoms with Crippen LogP contribution in [-0.4, -0.2) is 94.0 Å². The molecule has 3 aromatic carbocycles. The van der Waals surface area contributed by atoms with Crippen molar-refractivity contribution in [3.63, 3.8) is 0 Å². The molecule has 1 saturated heterocycles. The molecule has 1 saturated carbocycles. The highest BCUT2D eigenvalue weighted by Gasteiger charge is 2.49. The summed E-state index contributed by atoms with van der Waals surface area (Å²) >= 11 is 6.31. The van der Waals surface area contributed by atoms with E-state index in [1.54, 1.807) is 29.2 Å². The highest BCUT2D eigenvalue weighted by atomic mass is 35.5. The molecular weight excluding hydrogens is 672 g/mol. The average molecular weight is 710 g/mol. The third-order valence-corrected chi connectivity index (χ3v) is 9.93. The van der Waals surface area contributed by atoms with Crippen molar-refractivity contribution in [2.75, 3.05) is 32.8 Å². The van der Waals surface area contributed by atoms with Gasteiger partial charge < -0.3 is 29.5 Å². The van der Waals surface area contributed by atoms with Crippen LogP contribution in [0.5, 0.6) is 11.5 Å². The second-order valence-electron chi connectivity index (χ2n) is 12.9. The summed E-state index contributed by atoms with van der Waals surface area (Å²) in [6, 6.07) is 12.8. The maximum absolute atomic E-state index is 14.6. The third kappa shape index (κ3) is 7.35. The van der Waals surface area contributed by atoms with Crippen molar-refractivity contribution >= 4 is 35.3 Å². The largest absolute Gasteiger partial charge is 0.490 e. The molecule has 2 bridgehead atoms. The molecule has 264 valence electrons. The second kappa shape index (κ2) is 14.6. The Kier molecular flexibility index (Phi) is 10.2. The zero-order chi connectivity index (χ0) is 35.7. The lowest BCUT2D eigenvalue weighted by Crippen LogP contribution is -2.65. The molecular formula is C37H38ClF2N3O7. The molecule has 0 unspecified atom stereocenters. The van der Waals surface area contributed by atoms with Gasteiger partial charge in [0.25, 0.3) is 5.91 Å². The Morgan fingerprint density at radius 1 is 0.940 bits per heavy atom. The molecule has 13 heteroatoms. The molecule has 2 heterocycles. The van der Waals surface area contributed by atoms with Crippen molar-refractivity contribution in [3.8, 4) is 11.5 Å². The van der Waals surface area contributed by atoms with Crippen molar-refractivity contribution in [2.45, 2.75) is 57.7 Å². The number of fused-ring (bicyclic) bond motifs is 2. The summed E-state index contributed by atoms with van der Waals surface area (Å²) in [7, 11) is 0. The smallest absolute Gasteiger partial charge is 0.408 e. The summed E-state index contributed by atoms with van der Waals surface area (Å²) in [5, 5.41) is 20.6. The quantitative estimate of drug-likeness (QED) is 0.210. The number of nitrogens with zero attached hydrogens (tertiary/aromatic N) is 3. The number of halogens is 3. The molecule has 0 radical (unpaired) electrons. The molecule has 2 fully saturated rings. The Morgan fingerprint density at radius 2 is 1.64 bits per heavy atom. The zero-order valence-electron chi connectivity index (χ0n) is 27.7. The molecule has 3 aliphatic rings. The van der Waals surface area contributed by atoms with E-state index in [9.17, 15) is 33.4 Å². The van der Waals surface area contributed by atoms with Crippen molar-refractivity contribution in [1.82, 2.24) is 14.7 Å². The summed E-state index contributed by atoms with van der Waals surface area (Å²) in [5.41, 5.74) is 3.73. The van der Waals surface area contributed by atoms with Crippen LogP contribution < -0.4 is 9.47 Å². The van der Waals surface area contributed by atoms with Gasteiger partial charge in [0, 0.05) is 31.2 Å². The van der Waals surface area contributed by atoms with Crippen LogP contribution in [0.2, 0.25) is 5.02 Å². The molecule has 50 heavy (non-hydrogen) atoms. The summed E-state index contributed by atoms with van der Waals surface area (Å²) in [5.74, 6) is -1.27. The minimum absolute atomic E-state index is 0.0417. The zero-order valence-corrected chi connectivity index (χ0v) is 28.5. The van der Waals surface area contributed by atoms with Gasteiger partial charge in [-0.3, -0.25) is 9.69 Å². The Labute approximate surface area is 293 Å². The Morgan fingerprint density at radius 3 is 2.32 bits per heavy atom. The normalized spacial score (nSPS) is 18.6. The van der Waals surface area contributed by atoms with E-state index in [2.05, 4.69) is 0 Å². The minimum atomic E-state index is -1.25. The first-order valence-electron chi connectivity index (χ1n) is 16.5. The molecule has 2 atom stereocenters. The highest BCUT2D eigenvalue weighted by Crippen LogP contribution is 2.41. The molecule has 2 N–H and O–H groups in total. The van der Waals surface area contributed by atoms with E-state index in [4.69, 9.17) is 21.1 Å². The summed E-state index contributed by atoms with van der Waals surface area (Å²) in [4.78, 5) is 43.1. The SMILES string of the molecule is Cc1cc(Cl)c(OCCOc2ccc(C3=C(C(=O)N(CCc4cccc(F)c4F)C4CC4)[C@H]4CN(C(=O)O)C[C@@H](C3)N4C(=O)O)cc2)cc1C. The standard InChI is InChI=1S/C37H38ClF2N3O7/c1-21-16-29(38)32(17-22(21)2)50-15-14-49-27-10-6-23(7-11-27)28-18-26-19-41(36(45)46)20-31(43(26)37(47)48)33(28)35(44)42(25-8-9-25)13-12-24-4-3-5-30(39)34(24)40/h3-7,10-11,16-17,25-26,31H,8-9,12-15,18-20H2,1-2H3,(H,45,46)(H,47,48)/t26-,31-/m1/s1. The summed E-state index contributed by atoms with van der Waals surface area (Å²) < 4.78 is 40.2. The van der Waals surface area contributed by atoms with Gasteiger partial charge in [-0.1, -0.05) is 35.9 Å². The van der Waals surface area contributed by atoms with Gasteiger partial charge in [-0.15, -0.1) is 0 Å². The van der Waals surface area contributed by atoms with Crippen LogP contribution in [0.4, 0.5) is 18.4 Å². The van der Waals surface area contributed by atoms with E-state index in [0.29, 0.717) is 40.5 Å². The number of rotatable bonds is 11. The first-order valence-corrected chi connectivity index (χ1v) is 16.9. The Bertz CT molecular complexity index is 1830. The number of aryl methyl sites for hydroxylation is 2. The van der Waals surface area contributed by atoms with E-state index in [1.165, 1.54) is 17.0 Å². The number of piperazine rings is 1. The van der Waals surface area contributed by atoms with Gasteiger partial charge >= 0.3 is 12.2 Å². The molecule has 3 amide bonds. The number of carboxylic acid groups (broad SMARTS) is 2. The van der Waals surface area contributed by atoms with Crippen LogP contribution in [0.1, 0.15) is 41.5 Å². The number of benzene rings is 3. The Hall–Kier alpha value is -4.84. The predicted molar refractivity (Wildman–Crippen MR) is 182 cm³/mol. The van der Waals surface area contributed by atoms with Crippen LogP contribution in [0.3, 0.4) is 0 Å². The molecule has 1 aliphatic carbocycles. The van der Waals surface area contributed by atoms with Crippen LogP contribution in [0, 0.1) is 25.5 Å². The molecule has 0 spiro atoms. The van der Waals surface area contributed by atoms with Gasteiger partial charge in [0.2, 0.25) is 0 Å². The fourth-order valence-corrected chi connectivity index (χ4v) is 7.07. The number of ether oxygens (including phenoxy) is 2. The number of hydrogen-bond acceptors (Lipinski definition) is 5. The van der Waals surface area contributed by atoms with E-state index < -0.39 is 41.8 Å². The van der Waals surface area contributed by atoms with Crippen LogP contribution in [-0.2, 0) is 11.2 Å². The highest BCUT2D eigenvalue weighted by molar-refractivity contribution is 6.32. The minimum Gasteiger partial charge on any atom is -0.490 e. The van der Waals surface area contributed by atoms with Gasteiger partial charge in [0.1, 0.15) is 24.7 Å². The van der Waals surface area contributed by atoms with E-state index in [-0.39, 0.29) is 62.9 Å². The Balaban J connectivity index is 1.27. The van der Waals surface area contributed by atoms with Gasteiger partial charge in [-0.05, 0) is 97.7 Å². The molecule has 6 rings (SSSR count). The van der Waals surface area contributed by atoms with E-state index in [0.717, 1.165) is 22.1 Å². The van der Waals surface area contributed by atoms with E-state index >= 15 is 0 Å². The number of hydrogen-bond donors (Lipinski definition) is 2. The van der Waals surface area contributed by atoms with Gasteiger partial charge in [0.15, 0.2) is 11.6 Å². The van der Waals surface area contributed by atoms with Crippen LogP contribution in [0.15, 0.2) is 60.2 Å². The fraction of sp³-hybridized carbons (Fsp3) is 0.378. The topological polar surface area (TPSA) is 120 Å². The lowest BCUT2D eigenvalue weighted by atomic mass is 9.81. The first-order chi connectivity index (χ1) is 23.9. The number of amides is 3. The average Bonchev–Trinajstić information content (AvgIpc) is 3.92. The monoisotopic (exact) mass is 709 g/mol. The van der Waals surface area contributed by atoms with Crippen LogP contribution >= 0.6 is 11.6 Å². The number of carbonyl (C=O) groups is 3. The third-order valence-electron chi connectivity index (χ3n) is 9.64. The van der Waals surface area contributed by atoms with Crippen LogP contribution in [0.25, 0.3) is 5.57 Å². The molecule has 10 nitrogen and oxygen atoms in total. The van der Waals surface area contributed by atoms with Gasteiger partial charge in [0.05, 0.1) is 17.1 Å². The van der Waals surface area contributed by atoms with Crippen molar-refractivity contribution in [3.05, 3.63) is 99.1 Å². The van der Waals surface area contributed by atoms with Crippen molar-refractivity contribution in [1.29, 1.82) is 0 Å². The van der Waals surface area contributed by atoms with Crippen molar-refractivity contribution < 1.29 is 42.9 Å². The number of carbonyl (C=O) groups excluding carboxylic acids is 1.